The van der Waals surface area contributed by atoms with Crippen LogP contribution in [0, 0.1) is 6.92 Å². The highest BCUT2D eigenvalue weighted by molar-refractivity contribution is 7.13. The van der Waals surface area contributed by atoms with E-state index in [4.69, 9.17) is 0 Å². The molecule has 2 aliphatic heterocycles. The highest BCUT2D eigenvalue weighted by atomic mass is 32.1. The van der Waals surface area contributed by atoms with Crippen molar-refractivity contribution >= 4 is 22.4 Å². The van der Waals surface area contributed by atoms with Crippen molar-refractivity contribution in [2.24, 2.45) is 0 Å². The van der Waals surface area contributed by atoms with Crippen LogP contribution < -0.4 is 10.6 Å². The molecular formula is C15H24N4OS. The summed E-state index contributed by atoms with van der Waals surface area (Å²) in [6.07, 6.45) is 6.20. The monoisotopic (exact) mass is 308 g/mol. The van der Waals surface area contributed by atoms with Gasteiger partial charge in [-0.3, -0.25) is 9.69 Å². The molecule has 2 unspecified atom stereocenters. The first-order valence-corrected chi connectivity index (χ1v) is 8.80. The van der Waals surface area contributed by atoms with E-state index in [1.165, 1.54) is 43.4 Å². The molecule has 3 rings (SSSR count). The van der Waals surface area contributed by atoms with Crippen LogP contribution in [0.2, 0.25) is 0 Å². The topological polar surface area (TPSA) is 57.3 Å². The molecule has 0 spiro atoms. The number of nitrogens with one attached hydrogen (secondary N) is 2. The summed E-state index contributed by atoms with van der Waals surface area (Å²) in [5.41, 5.74) is 0.960. The van der Waals surface area contributed by atoms with E-state index in [-0.39, 0.29) is 5.91 Å². The zero-order valence-corrected chi connectivity index (χ0v) is 13.4. The fourth-order valence-electron chi connectivity index (χ4n) is 3.46. The molecule has 2 aliphatic rings. The van der Waals surface area contributed by atoms with Gasteiger partial charge in [0.1, 0.15) is 0 Å². The number of carbonyl (C=O) groups excluding carboxylic acids is 1. The van der Waals surface area contributed by atoms with E-state index in [1.807, 2.05) is 12.3 Å². The number of anilines is 1. The number of thiazole rings is 1. The van der Waals surface area contributed by atoms with Gasteiger partial charge >= 0.3 is 0 Å². The summed E-state index contributed by atoms with van der Waals surface area (Å²) in [4.78, 5) is 18.9. The number of aryl methyl sites for hydroxylation is 1. The molecule has 2 N–H and O–H groups in total. The third-order valence-electron chi connectivity index (χ3n) is 4.44. The molecule has 1 aromatic heterocycles. The molecule has 2 atom stereocenters. The molecule has 2 fully saturated rings. The lowest BCUT2D eigenvalue weighted by Crippen LogP contribution is -2.52. The van der Waals surface area contributed by atoms with Gasteiger partial charge in [-0.05, 0) is 45.7 Å². The zero-order valence-electron chi connectivity index (χ0n) is 12.6. The Morgan fingerprint density at radius 3 is 3.10 bits per heavy atom. The van der Waals surface area contributed by atoms with Crippen molar-refractivity contribution in [2.75, 3.05) is 25.0 Å². The molecule has 0 radical (unpaired) electrons. The second-order valence-electron chi connectivity index (χ2n) is 6.08. The molecule has 21 heavy (non-hydrogen) atoms. The van der Waals surface area contributed by atoms with Crippen LogP contribution in [0.25, 0.3) is 0 Å². The molecular weight excluding hydrogens is 284 g/mol. The second-order valence-corrected chi connectivity index (χ2v) is 6.94. The SMILES string of the molecule is Cc1csc(NC(=O)CN2CCCCC2C2CCCN2)n1. The summed E-state index contributed by atoms with van der Waals surface area (Å²) >= 11 is 1.49. The number of nitrogens with zero attached hydrogens (tertiary/aromatic N) is 2. The predicted molar refractivity (Wildman–Crippen MR) is 85.7 cm³/mol. The molecule has 1 aromatic rings. The third-order valence-corrected chi connectivity index (χ3v) is 5.31. The molecule has 0 saturated carbocycles. The Bertz CT molecular complexity index is 484. The van der Waals surface area contributed by atoms with Crippen molar-refractivity contribution in [3.05, 3.63) is 11.1 Å². The summed E-state index contributed by atoms with van der Waals surface area (Å²) < 4.78 is 0. The largest absolute Gasteiger partial charge is 0.312 e. The molecule has 6 heteroatoms. The van der Waals surface area contributed by atoms with Gasteiger partial charge in [-0.1, -0.05) is 6.42 Å². The molecule has 0 aromatic carbocycles. The Hall–Kier alpha value is -0.980. The third kappa shape index (κ3) is 3.81. The number of amides is 1. The number of aromatic nitrogens is 1. The molecule has 0 bridgehead atoms. The predicted octanol–water partition coefficient (Wildman–Crippen LogP) is 2.00. The van der Waals surface area contributed by atoms with Gasteiger partial charge in [0.05, 0.1) is 12.2 Å². The normalized spacial score (nSPS) is 26.9. The van der Waals surface area contributed by atoms with Crippen LogP contribution in [0.3, 0.4) is 0 Å². The number of rotatable bonds is 4. The van der Waals surface area contributed by atoms with E-state index in [9.17, 15) is 4.79 Å². The van der Waals surface area contributed by atoms with Crippen LogP contribution in [0.5, 0.6) is 0 Å². The van der Waals surface area contributed by atoms with Crippen molar-refractivity contribution in [1.29, 1.82) is 0 Å². The molecule has 1 amide bonds. The van der Waals surface area contributed by atoms with E-state index < -0.39 is 0 Å². The van der Waals surface area contributed by atoms with Crippen LogP contribution in [-0.4, -0.2) is 47.5 Å². The fourth-order valence-corrected chi connectivity index (χ4v) is 4.17. The summed E-state index contributed by atoms with van der Waals surface area (Å²) in [6.45, 7) is 4.59. The molecule has 3 heterocycles. The van der Waals surface area contributed by atoms with Gasteiger partial charge in [-0.2, -0.15) is 0 Å². The van der Waals surface area contributed by atoms with Crippen LogP contribution in [0.4, 0.5) is 5.13 Å². The summed E-state index contributed by atoms with van der Waals surface area (Å²) in [6, 6.07) is 1.09. The lowest BCUT2D eigenvalue weighted by atomic mass is 9.94. The fraction of sp³-hybridized carbons (Fsp3) is 0.733. The number of hydrogen-bond donors (Lipinski definition) is 2. The zero-order chi connectivity index (χ0) is 14.7. The van der Waals surface area contributed by atoms with Crippen molar-refractivity contribution in [1.82, 2.24) is 15.2 Å². The molecule has 5 nitrogen and oxygen atoms in total. The molecule has 2 saturated heterocycles. The van der Waals surface area contributed by atoms with Crippen molar-refractivity contribution in [2.45, 2.75) is 51.1 Å². The molecule has 0 aliphatic carbocycles. The van der Waals surface area contributed by atoms with Crippen LogP contribution >= 0.6 is 11.3 Å². The van der Waals surface area contributed by atoms with Crippen LogP contribution in [-0.2, 0) is 4.79 Å². The van der Waals surface area contributed by atoms with Gasteiger partial charge in [-0.15, -0.1) is 11.3 Å². The quantitative estimate of drug-likeness (QED) is 0.893. The van der Waals surface area contributed by atoms with Gasteiger partial charge in [-0.25, -0.2) is 4.98 Å². The lowest BCUT2D eigenvalue weighted by molar-refractivity contribution is -0.118. The van der Waals surface area contributed by atoms with E-state index in [2.05, 4.69) is 20.5 Å². The maximum Gasteiger partial charge on any atom is 0.240 e. The van der Waals surface area contributed by atoms with Gasteiger partial charge in [0, 0.05) is 17.5 Å². The first-order valence-electron chi connectivity index (χ1n) is 7.92. The minimum Gasteiger partial charge on any atom is -0.312 e. The highest BCUT2D eigenvalue weighted by Gasteiger charge is 2.32. The van der Waals surface area contributed by atoms with Gasteiger partial charge < -0.3 is 10.6 Å². The van der Waals surface area contributed by atoms with Crippen molar-refractivity contribution < 1.29 is 4.79 Å². The van der Waals surface area contributed by atoms with Gasteiger partial charge in [0.25, 0.3) is 0 Å². The van der Waals surface area contributed by atoms with E-state index >= 15 is 0 Å². The smallest absolute Gasteiger partial charge is 0.240 e. The Morgan fingerprint density at radius 2 is 2.38 bits per heavy atom. The summed E-state index contributed by atoms with van der Waals surface area (Å²) in [5, 5.41) is 9.20. The Labute approximate surface area is 130 Å². The lowest BCUT2D eigenvalue weighted by Gasteiger charge is -2.38. The maximum absolute atomic E-state index is 12.2. The standard InChI is InChI=1S/C15H24N4OS/c1-11-10-21-15(17-11)18-14(20)9-19-8-3-2-6-13(19)12-5-4-7-16-12/h10,12-13,16H,2-9H2,1H3,(H,17,18,20). The average Bonchev–Trinajstić information content (AvgIpc) is 3.11. The van der Waals surface area contributed by atoms with Crippen LogP contribution in [0.1, 0.15) is 37.8 Å². The number of likely N-dealkylation sites (tertiary alicyclic amines) is 1. The second kappa shape index (κ2) is 6.85. The first-order chi connectivity index (χ1) is 10.2. The highest BCUT2D eigenvalue weighted by Crippen LogP contribution is 2.24. The first kappa shape index (κ1) is 14.9. The summed E-state index contributed by atoms with van der Waals surface area (Å²) in [7, 11) is 0. The number of hydrogen-bond acceptors (Lipinski definition) is 5. The van der Waals surface area contributed by atoms with Gasteiger partial charge in [0.15, 0.2) is 5.13 Å². The van der Waals surface area contributed by atoms with E-state index in [0.717, 1.165) is 18.8 Å². The van der Waals surface area contributed by atoms with Crippen molar-refractivity contribution in [3.8, 4) is 0 Å². The number of carbonyl (C=O) groups is 1. The van der Waals surface area contributed by atoms with E-state index in [1.54, 1.807) is 0 Å². The Kier molecular flexibility index (Phi) is 4.87. The summed E-state index contributed by atoms with van der Waals surface area (Å²) in [5.74, 6) is 0.0641. The molecule has 116 valence electrons. The maximum atomic E-state index is 12.2. The van der Waals surface area contributed by atoms with Gasteiger partial charge in [0.2, 0.25) is 5.91 Å². The average molecular weight is 308 g/mol. The van der Waals surface area contributed by atoms with E-state index in [0.29, 0.717) is 23.8 Å². The minimum absolute atomic E-state index is 0.0641. The van der Waals surface area contributed by atoms with Crippen molar-refractivity contribution in [3.63, 3.8) is 0 Å². The van der Waals surface area contributed by atoms with Crippen LogP contribution in [0.15, 0.2) is 5.38 Å². The Balaban J connectivity index is 1.57. The minimum atomic E-state index is 0.0641. The Morgan fingerprint density at radius 1 is 1.48 bits per heavy atom. The number of piperidine rings is 1.